The van der Waals surface area contributed by atoms with Gasteiger partial charge in [0.2, 0.25) is 0 Å². The van der Waals surface area contributed by atoms with E-state index in [1.54, 1.807) is 0 Å². The first-order valence-corrected chi connectivity index (χ1v) is 18.1. The topological polar surface area (TPSA) is 153 Å². The first-order valence-electron chi connectivity index (χ1n) is 18.1. The van der Waals surface area contributed by atoms with Crippen LogP contribution >= 0.6 is 12.4 Å². The van der Waals surface area contributed by atoms with E-state index in [2.05, 4.69) is 88.1 Å². The molecule has 0 unspecified atom stereocenters. The Balaban J connectivity index is 0.000000137. The highest BCUT2D eigenvalue weighted by atomic mass is 35.5. The Bertz CT molecular complexity index is 2260. The molecule has 0 atom stereocenters. The molecule has 258 valence electrons. The molecule has 1 aromatic carbocycles. The second-order valence-electron chi connectivity index (χ2n) is 15.8. The molecule has 0 radical (unpaired) electrons. The maximum atomic E-state index is 6.46. The molecule has 7 aromatic rings. The van der Waals surface area contributed by atoms with Crippen molar-refractivity contribution in [2.75, 3.05) is 0 Å². The van der Waals surface area contributed by atoms with Crippen molar-refractivity contribution in [3.8, 4) is 0 Å². The predicted octanol–water partition coefficient (Wildman–Crippen LogP) is 7.74. The third-order valence-corrected chi connectivity index (χ3v) is 13.3. The average Bonchev–Trinajstić information content (AvgIpc) is 3.98. The van der Waals surface area contributed by atoms with E-state index in [0.29, 0.717) is 5.54 Å². The van der Waals surface area contributed by atoms with Crippen LogP contribution in [0.3, 0.4) is 0 Å². The third kappa shape index (κ3) is 4.90. The molecule has 6 aliphatic carbocycles. The van der Waals surface area contributed by atoms with Crippen LogP contribution in [0.1, 0.15) is 94.0 Å². The number of nitrogens with two attached hydrogens (primary N) is 1. The third-order valence-electron chi connectivity index (χ3n) is 13.3. The van der Waals surface area contributed by atoms with Crippen LogP contribution in [-0.2, 0) is 17.4 Å². The molecule has 13 rings (SSSR count). The maximum Gasteiger partial charge on any atom is 0.159 e. The zero-order chi connectivity index (χ0) is 32.7. The number of aromatic nitrogens is 8. The van der Waals surface area contributed by atoms with Crippen LogP contribution in [0.25, 0.3) is 43.9 Å². The molecule has 6 fully saturated rings. The molecule has 11 heteroatoms. The molecule has 7 N–H and O–H groups in total. The molecule has 6 aliphatic rings. The van der Waals surface area contributed by atoms with E-state index in [0.717, 1.165) is 53.5 Å². The van der Waals surface area contributed by atoms with E-state index in [1.807, 2.05) is 24.8 Å². The molecule has 4 bridgehead atoms. The van der Waals surface area contributed by atoms with Crippen LogP contribution in [0.4, 0.5) is 0 Å². The van der Waals surface area contributed by atoms with Gasteiger partial charge in [0.25, 0.3) is 0 Å². The van der Waals surface area contributed by atoms with Gasteiger partial charge in [-0.2, -0.15) is 0 Å². The number of nitrogens with one attached hydrogen (secondary N) is 5. The van der Waals surface area contributed by atoms with E-state index in [4.69, 9.17) is 5.73 Å². The second kappa shape index (κ2) is 11.6. The highest BCUT2D eigenvalue weighted by Gasteiger charge is 2.51. The number of pyridine rings is 2. The smallest absolute Gasteiger partial charge is 0.159 e. The summed E-state index contributed by atoms with van der Waals surface area (Å²) in [7, 11) is 0. The van der Waals surface area contributed by atoms with Gasteiger partial charge in [0.05, 0.1) is 23.4 Å². The largest absolute Gasteiger partial charge is 0.325 e. The van der Waals surface area contributed by atoms with Crippen molar-refractivity contribution in [3.63, 3.8) is 0 Å². The number of halogens is 1. The zero-order valence-corrected chi connectivity index (χ0v) is 29.1. The molecule has 6 heterocycles. The number of nitrogens with zero attached hydrogens (tertiary/aromatic N) is 4. The second-order valence-corrected chi connectivity index (χ2v) is 15.8. The molecule has 0 spiro atoms. The fraction of sp³-hybridized carbons (Fsp3) is 0.436. The SMILES string of the molecule is Cl.NC12CCC(c3[nH][nH]c4cnc5nccc5c34)(CC1)CC2.c1ccc(CNC23CCC(c4[nH][nH]c5cnc6nccc6c45)(CC2)CC3)cc1. The van der Waals surface area contributed by atoms with Crippen LogP contribution in [0.15, 0.2) is 67.3 Å². The fourth-order valence-electron chi connectivity index (χ4n) is 10.1. The summed E-state index contributed by atoms with van der Waals surface area (Å²) in [6, 6.07) is 14.9. The molecule has 6 saturated carbocycles. The van der Waals surface area contributed by atoms with Crippen molar-refractivity contribution < 1.29 is 0 Å². The van der Waals surface area contributed by atoms with Gasteiger partial charge in [0.1, 0.15) is 0 Å². The highest BCUT2D eigenvalue weighted by Crippen LogP contribution is 2.55. The van der Waals surface area contributed by atoms with Gasteiger partial charge < -0.3 is 21.2 Å². The van der Waals surface area contributed by atoms with Crippen LogP contribution < -0.4 is 11.1 Å². The zero-order valence-electron chi connectivity index (χ0n) is 28.3. The van der Waals surface area contributed by atoms with Gasteiger partial charge in [-0.05, 0) is 94.7 Å². The monoisotopic (exact) mass is 688 g/mol. The van der Waals surface area contributed by atoms with Crippen molar-refractivity contribution in [1.82, 2.24) is 45.6 Å². The van der Waals surface area contributed by atoms with E-state index in [-0.39, 0.29) is 28.8 Å². The fourth-order valence-corrected chi connectivity index (χ4v) is 10.1. The molecule has 50 heavy (non-hydrogen) atoms. The summed E-state index contributed by atoms with van der Waals surface area (Å²) in [6.07, 6.45) is 21.9. The standard InChI is InChI=1S/C23H25N5.C16H19N5.ClH/c1-2-4-16(5-3-1)14-26-23-10-7-22(8-11-23,9-12-23)20-19-17-6-13-24-21(17)25-15-18(19)27-28-20;17-16-5-2-15(3-6-16,4-7-16)13-12-10-1-8-18-14(10)19-9-11(12)20-21-13;/h1-6,13,15,26-28H,7-12,14H2;1,8-9,20-21H,2-7,17H2;1H. The van der Waals surface area contributed by atoms with Gasteiger partial charge in [0, 0.05) is 73.8 Å². The minimum Gasteiger partial charge on any atom is -0.325 e. The van der Waals surface area contributed by atoms with E-state index < -0.39 is 0 Å². The van der Waals surface area contributed by atoms with Crippen LogP contribution in [-0.4, -0.2) is 51.4 Å². The Hall–Kier alpha value is -4.25. The summed E-state index contributed by atoms with van der Waals surface area (Å²) >= 11 is 0. The normalized spacial score (nSPS) is 28.7. The number of H-pyrrole nitrogens is 4. The quantitative estimate of drug-likeness (QED) is 0.109. The van der Waals surface area contributed by atoms with Gasteiger partial charge in [-0.25, -0.2) is 19.9 Å². The number of aromatic amines is 4. The lowest BCUT2D eigenvalue weighted by atomic mass is 9.55. The van der Waals surface area contributed by atoms with Crippen molar-refractivity contribution in [3.05, 3.63) is 84.2 Å². The van der Waals surface area contributed by atoms with E-state index in [1.165, 1.54) is 90.9 Å². The maximum absolute atomic E-state index is 6.46. The molecule has 0 saturated heterocycles. The Kier molecular flexibility index (Phi) is 7.39. The van der Waals surface area contributed by atoms with Crippen LogP contribution in [0.5, 0.6) is 0 Å². The van der Waals surface area contributed by atoms with Crippen molar-refractivity contribution in [2.45, 2.75) is 106 Å². The predicted molar refractivity (Wildman–Crippen MR) is 200 cm³/mol. The molecular formula is C39H45ClN10. The van der Waals surface area contributed by atoms with Crippen LogP contribution in [0.2, 0.25) is 0 Å². The van der Waals surface area contributed by atoms with Gasteiger partial charge in [-0.15, -0.1) is 12.4 Å². The first-order chi connectivity index (χ1) is 24.0. The number of benzene rings is 1. The van der Waals surface area contributed by atoms with E-state index in [9.17, 15) is 0 Å². The molecule has 0 aliphatic heterocycles. The minimum atomic E-state index is 0. The first kappa shape index (κ1) is 31.7. The van der Waals surface area contributed by atoms with Crippen molar-refractivity contribution >= 4 is 56.3 Å². The Labute approximate surface area is 296 Å². The summed E-state index contributed by atoms with van der Waals surface area (Å²) in [5.74, 6) is 0. The van der Waals surface area contributed by atoms with Crippen LogP contribution in [0, 0.1) is 0 Å². The average molecular weight is 689 g/mol. The van der Waals surface area contributed by atoms with Gasteiger partial charge in [-0.1, -0.05) is 30.3 Å². The van der Waals surface area contributed by atoms with Crippen molar-refractivity contribution in [2.24, 2.45) is 5.73 Å². The lowest BCUT2D eigenvalue weighted by Gasteiger charge is -2.53. The number of hydrogen-bond donors (Lipinski definition) is 6. The van der Waals surface area contributed by atoms with E-state index >= 15 is 0 Å². The molecular weight excluding hydrogens is 644 g/mol. The Morgan fingerprint density at radius 2 is 1.06 bits per heavy atom. The van der Waals surface area contributed by atoms with Gasteiger partial charge >= 0.3 is 0 Å². The lowest BCUT2D eigenvalue weighted by Crippen LogP contribution is -2.56. The Morgan fingerprint density at radius 3 is 1.56 bits per heavy atom. The lowest BCUT2D eigenvalue weighted by molar-refractivity contribution is 0.0741. The highest BCUT2D eigenvalue weighted by molar-refractivity contribution is 6.06. The molecule has 0 amide bonds. The number of fused-ring (bicyclic) bond motifs is 12. The minimum absolute atomic E-state index is 0. The van der Waals surface area contributed by atoms with Crippen molar-refractivity contribution in [1.29, 1.82) is 0 Å². The summed E-state index contributed by atoms with van der Waals surface area (Å²) < 4.78 is 0. The summed E-state index contributed by atoms with van der Waals surface area (Å²) in [5.41, 5.74) is 15.3. The number of rotatable bonds is 5. The summed E-state index contributed by atoms with van der Waals surface area (Å²) in [6.45, 7) is 0.971. The van der Waals surface area contributed by atoms with Gasteiger partial charge in [0.15, 0.2) is 11.3 Å². The summed E-state index contributed by atoms with van der Waals surface area (Å²) in [5, 5.41) is 22.5. The summed E-state index contributed by atoms with van der Waals surface area (Å²) in [4.78, 5) is 17.6. The van der Waals surface area contributed by atoms with Gasteiger partial charge in [-0.3, -0.25) is 10.2 Å². The number of hydrogen-bond acceptors (Lipinski definition) is 6. The Morgan fingerprint density at radius 1 is 0.580 bits per heavy atom. The molecule has 10 nitrogen and oxygen atoms in total. The molecule has 6 aromatic heterocycles.